The van der Waals surface area contributed by atoms with E-state index in [1.807, 2.05) is 0 Å². The van der Waals surface area contributed by atoms with Gasteiger partial charge in [-0.1, -0.05) is 57.9 Å². The summed E-state index contributed by atoms with van der Waals surface area (Å²) in [6.07, 6.45) is 8.83. The molecule has 0 aromatic heterocycles. The first-order valence-corrected chi connectivity index (χ1v) is 10.3. The van der Waals surface area contributed by atoms with E-state index in [1.165, 1.54) is 40.7 Å². The normalized spacial score (nSPS) is 14.0. The van der Waals surface area contributed by atoms with Crippen LogP contribution in [0.15, 0.2) is 60.2 Å². The van der Waals surface area contributed by atoms with Crippen molar-refractivity contribution in [2.45, 2.75) is 59.3 Å². The molecule has 0 fully saturated rings. The van der Waals surface area contributed by atoms with Crippen LogP contribution in [-0.2, 0) is 12.8 Å². The van der Waals surface area contributed by atoms with Gasteiger partial charge in [-0.05, 0) is 61.1 Å². The zero-order valence-electron chi connectivity index (χ0n) is 16.8. The highest BCUT2D eigenvalue weighted by atomic mass is 15.2. The lowest BCUT2D eigenvalue weighted by molar-refractivity contribution is -0.344. The van der Waals surface area contributed by atoms with Crippen LogP contribution < -0.4 is 0 Å². The number of rotatable bonds is 8. The van der Waals surface area contributed by atoms with Gasteiger partial charge in [0.2, 0.25) is 11.4 Å². The summed E-state index contributed by atoms with van der Waals surface area (Å²) in [5, 5.41) is 0. The standard InChI is InChI=1S/C25H30N2/c1-4-7-8-11-20-13-10-15-23(17-20)25-21(6-3)18-24(27(25)26)22-14-9-12-19(5-2)16-22/h9-10,12-18H,4-8,11H2,1-3H3. The largest absolute Gasteiger partial charge is 0.493 e. The summed E-state index contributed by atoms with van der Waals surface area (Å²) < 4.78 is 1.39. The molecule has 0 radical (unpaired) electrons. The molecular formula is C25H30N2. The predicted molar refractivity (Wildman–Crippen MR) is 114 cm³/mol. The number of unbranched alkanes of at least 4 members (excludes halogenated alkanes) is 2. The minimum Gasteiger partial charge on any atom is -0.493 e. The van der Waals surface area contributed by atoms with E-state index in [1.54, 1.807) is 0 Å². The third-order valence-electron chi connectivity index (χ3n) is 5.34. The van der Waals surface area contributed by atoms with E-state index in [9.17, 15) is 5.53 Å². The minimum absolute atomic E-state index is 0.869. The zero-order chi connectivity index (χ0) is 19.2. The summed E-state index contributed by atoms with van der Waals surface area (Å²) in [4.78, 5) is 0. The summed E-state index contributed by atoms with van der Waals surface area (Å²) in [5.74, 6) is 0. The van der Waals surface area contributed by atoms with Crippen molar-refractivity contribution in [3.05, 3.63) is 88.0 Å². The first-order valence-electron chi connectivity index (χ1n) is 10.3. The Morgan fingerprint density at radius 2 is 1.52 bits per heavy atom. The van der Waals surface area contributed by atoms with E-state index in [-0.39, 0.29) is 0 Å². The molecule has 140 valence electrons. The quantitative estimate of drug-likeness (QED) is 0.352. The van der Waals surface area contributed by atoms with Gasteiger partial charge in [0, 0.05) is 22.8 Å². The van der Waals surface area contributed by atoms with Crippen molar-refractivity contribution in [1.82, 2.24) is 0 Å². The molecule has 1 aliphatic rings. The zero-order valence-corrected chi connectivity index (χ0v) is 16.8. The molecule has 0 saturated heterocycles. The van der Waals surface area contributed by atoms with Crippen LogP contribution in [0, 0.1) is 0 Å². The molecule has 0 amide bonds. The van der Waals surface area contributed by atoms with Gasteiger partial charge in [0.25, 0.3) is 0 Å². The Balaban J connectivity index is 1.90. The first kappa shape index (κ1) is 19.3. The third kappa shape index (κ3) is 4.27. The van der Waals surface area contributed by atoms with E-state index < -0.39 is 0 Å². The van der Waals surface area contributed by atoms with Gasteiger partial charge in [0.1, 0.15) is 0 Å². The summed E-state index contributed by atoms with van der Waals surface area (Å²) in [5.41, 5.74) is 18.8. The van der Waals surface area contributed by atoms with Crippen molar-refractivity contribution >= 4 is 11.4 Å². The fourth-order valence-electron chi connectivity index (χ4n) is 3.74. The molecule has 0 atom stereocenters. The second-order valence-electron chi connectivity index (χ2n) is 7.28. The topological polar surface area (TPSA) is 25.3 Å². The molecule has 0 N–H and O–H groups in total. The Morgan fingerprint density at radius 3 is 2.22 bits per heavy atom. The molecule has 0 aliphatic carbocycles. The van der Waals surface area contributed by atoms with Crippen LogP contribution >= 0.6 is 0 Å². The number of nitrogens with zero attached hydrogens (tertiary/aromatic N) is 2. The maximum absolute atomic E-state index is 11.0. The lowest BCUT2D eigenvalue weighted by Gasteiger charge is -2.11. The maximum Gasteiger partial charge on any atom is 0.210 e. The van der Waals surface area contributed by atoms with Crippen LogP contribution in [0.25, 0.3) is 16.9 Å². The van der Waals surface area contributed by atoms with E-state index in [0.717, 1.165) is 41.8 Å². The van der Waals surface area contributed by atoms with Gasteiger partial charge in [-0.3, -0.25) is 0 Å². The fourth-order valence-corrected chi connectivity index (χ4v) is 3.74. The lowest BCUT2D eigenvalue weighted by atomic mass is 10.0. The molecule has 0 saturated carbocycles. The van der Waals surface area contributed by atoms with Crippen molar-refractivity contribution in [3.63, 3.8) is 0 Å². The summed E-state index contributed by atoms with van der Waals surface area (Å²) in [7, 11) is 0. The van der Waals surface area contributed by atoms with Crippen LogP contribution in [0.3, 0.4) is 0 Å². The van der Waals surface area contributed by atoms with Crippen molar-refractivity contribution in [2.75, 3.05) is 0 Å². The highest BCUT2D eigenvalue weighted by Gasteiger charge is 2.28. The van der Waals surface area contributed by atoms with Crippen molar-refractivity contribution < 1.29 is 4.70 Å². The molecule has 0 spiro atoms. The average Bonchev–Trinajstić information content (AvgIpc) is 3.05. The van der Waals surface area contributed by atoms with Gasteiger partial charge in [0.15, 0.2) is 0 Å². The summed E-state index contributed by atoms with van der Waals surface area (Å²) >= 11 is 0. The Bertz CT molecular complexity index is 887. The third-order valence-corrected chi connectivity index (χ3v) is 5.34. The molecule has 2 heteroatoms. The van der Waals surface area contributed by atoms with E-state index in [4.69, 9.17) is 0 Å². The van der Waals surface area contributed by atoms with Gasteiger partial charge in [-0.15, -0.1) is 0 Å². The Hall–Kier alpha value is -2.48. The van der Waals surface area contributed by atoms with Crippen molar-refractivity contribution in [2.24, 2.45) is 0 Å². The second kappa shape index (κ2) is 8.94. The van der Waals surface area contributed by atoms with Crippen LogP contribution in [0.5, 0.6) is 0 Å². The Morgan fingerprint density at radius 1 is 0.815 bits per heavy atom. The van der Waals surface area contributed by atoms with Crippen LogP contribution in [0.4, 0.5) is 0 Å². The molecule has 1 aliphatic heterocycles. The molecule has 0 bridgehead atoms. The summed E-state index contributed by atoms with van der Waals surface area (Å²) in [6, 6.07) is 17.1. The molecule has 1 heterocycles. The maximum atomic E-state index is 11.0. The van der Waals surface area contributed by atoms with E-state index in [2.05, 4.69) is 75.4 Å². The van der Waals surface area contributed by atoms with Crippen molar-refractivity contribution in [3.8, 4) is 0 Å². The number of allylic oxidation sites excluding steroid dienone is 2. The van der Waals surface area contributed by atoms with E-state index >= 15 is 0 Å². The van der Waals surface area contributed by atoms with Gasteiger partial charge in [0.05, 0.1) is 0 Å². The molecule has 2 nitrogen and oxygen atoms in total. The van der Waals surface area contributed by atoms with Gasteiger partial charge >= 0.3 is 0 Å². The Kier molecular flexibility index (Phi) is 6.39. The SMILES string of the molecule is CCCCCc1cccc(C2=C(CC)C=C(c3cccc(CC)c3)[N+]2=[N-])c1. The Labute approximate surface area is 163 Å². The molecule has 3 rings (SSSR count). The first-order chi connectivity index (χ1) is 13.2. The average molecular weight is 359 g/mol. The highest BCUT2D eigenvalue weighted by molar-refractivity contribution is 5.78. The van der Waals surface area contributed by atoms with Gasteiger partial charge in [-0.25, -0.2) is 4.70 Å². The fraction of sp³-hybridized carbons (Fsp3) is 0.360. The molecule has 2 aromatic rings. The predicted octanol–water partition coefficient (Wildman–Crippen LogP) is 7.19. The van der Waals surface area contributed by atoms with Crippen molar-refractivity contribution in [1.29, 1.82) is 0 Å². The smallest absolute Gasteiger partial charge is 0.210 e. The monoisotopic (exact) mass is 358 g/mol. The number of hydrogen-bond acceptors (Lipinski definition) is 0. The lowest BCUT2D eigenvalue weighted by Crippen LogP contribution is -2.03. The number of hydrogen-bond donors (Lipinski definition) is 0. The second-order valence-corrected chi connectivity index (χ2v) is 7.28. The van der Waals surface area contributed by atoms with Gasteiger partial charge in [-0.2, -0.15) is 0 Å². The molecule has 2 aromatic carbocycles. The van der Waals surface area contributed by atoms with Crippen LogP contribution in [-0.4, -0.2) is 4.70 Å². The van der Waals surface area contributed by atoms with Crippen LogP contribution in [0.2, 0.25) is 0 Å². The van der Waals surface area contributed by atoms with E-state index in [0.29, 0.717) is 0 Å². The minimum atomic E-state index is 0.869. The van der Waals surface area contributed by atoms with Crippen LogP contribution in [0.1, 0.15) is 68.7 Å². The summed E-state index contributed by atoms with van der Waals surface area (Å²) in [6.45, 7) is 6.54. The molecule has 0 unspecified atom stereocenters. The van der Waals surface area contributed by atoms with Gasteiger partial charge < -0.3 is 5.53 Å². The molecular weight excluding hydrogens is 328 g/mol. The highest BCUT2D eigenvalue weighted by Crippen LogP contribution is 2.37. The number of aryl methyl sites for hydroxylation is 2. The number of benzene rings is 2. The molecule has 27 heavy (non-hydrogen) atoms.